The second-order valence-electron chi connectivity index (χ2n) is 12.2. The summed E-state index contributed by atoms with van der Waals surface area (Å²) in [4.78, 5) is 17.9. The van der Waals surface area contributed by atoms with Crippen LogP contribution in [0.5, 0.6) is 0 Å². The molecule has 2 unspecified atom stereocenters. The largest absolute Gasteiger partial charge is 0.384 e. The smallest absolute Gasteiger partial charge is 0.274 e. The summed E-state index contributed by atoms with van der Waals surface area (Å²) in [5.74, 6) is 0.736. The quantitative estimate of drug-likeness (QED) is 0.275. The molecule has 0 bridgehead atoms. The third kappa shape index (κ3) is 4.78. The molecule has 3 aromatic heterocycles. The van der Waals surface area contributed by atoms with E-state index in [1.807, 2.05) is 4.68 Å². The fourth-order valence-electron chi connectivity index (χ4n) is 7.14. The monoisotopic (exact) mass is 578 g/mol. The molecule has 0 aliphatic heterocycles. The van der Waals surface area contributed by atoms with Crippen molar-refractivity contribution in [2.75, 3.05) is 5.32 Å². The first-order chi connectivity index (χ1) is 19.4. The summed E-state index contributed by atoms with van der Waals surface area (Å²) in [5, 5.41) is 19.8. The van der Waals surface area contributed by atoms with Crippen LogP contribution in [0.1, 0.15) is 84.8 Å². The summed E-state index contributed by atoms with van der Waals surface area (Å²) in [5.41, 5.74) is 3.81. The van der Waals surface area contributed by atoms with Gasteiger partial charge in [0.15, 0.2) is 5.82 Å². The number of hydrogen-bond donors (Lipinski definition) is 2. The number of carbonyl (C=O) groups excluding carboxylic acids is 1. The topological polar surface area (TPSA) is 89.9 Å². The molecule has 6 rings (SSSR count). The van der Waals surface area contributed by atoms with Crippen molar-refractivity contribution in [3.8, 4) is 5.82 Å². The van der Waals surface area contributed by atoms with Crippen LogP contribution in [0.2, 0.25) is 5.02 Å². The fraction of sp³-hybridized carbons (Fsp3) is 0.452. The normalized spacial score (nSPS) is 23.9. The Morgan fingerprint density at radius 2 is 1.78 bits per heavy atom. The Morgan fingerprint density at radius 1 is 1.12 bits per heavy atom. The molecular formula is C31H36ClFN6O2. The van der Waals surface area contributed by atoms with Gasteiger partial charge in [0.05, 0.1) is 22.7 Å². The number of aryl methyl sites for hydroxylation is 3. The molecule has 8 nitrogen and oxygen atoms in total. The van der Waals surface area contributed by atoms with Gasteiger partial charge in [0.25, 0.3) is 5.91 Å². The number of imidazole rings is 1. The Labute approximate surface area is 244 Å². The van der Waals surface area contributed by atoms with Gasteiger partial charge in [0.1, 0.15) is 17.1 Å². The first-order valence-corrected chi connectivity index (χ1v) is 14.6. The molecule has 41 heavy (non-hydrogen) atoms. The van der Waals surface area contributed by atoms with Crippen molar-refractivity contribution in [2.24, 2.45) is 18.9 Å². The zero-order chi connectivity index (χ0) is 29.2. The van der Waals surface area contributed by atoms with E-state index in [2.05, 4.69) is 60.8 Å². The molecular weight excluding hydrogens is 543 g/mol. The van der Waals surface area contributed by atoms with E-state index in [-0.39, 0.29) is 22.9 Å². The Kier molecular flexibility index (Phi) is 6.85. The first kappa shape index (κ1) is 27.7. The Bertz CT molecular complexity index is 1600. The van der Waals surface area contributed by atoms with E-state index in [1.54, 1.807) is 17.9 Å². The van der Waals surface area contributed by atoms with Gasteiger partial charge in [0.2, 0.25) is 0 Å². The lowest BCUT2D eigenvalue weighted by molar-refractivity contribution is 0.0242. The van der Waals surface area contributed by atoms with Crippen LogP contribution in [0.4, 0.5) is 10.1 Å². The molecule has 4 aromatic rings. The molecule has 2 fully saturated rings. The van der Waals surface area contributed by atoms with Crippen LogP contribution in [-0.4, -0.2) is 34.9 Å². The Balaban J connectivity index is 1.22. The SMILES string of the molecule is Cc1ccc(C)n1-c1cc(C2(O)CC3CC(c4ncn(C)c4C(=O)Nc4ccc(F)c(Cl)c4)CC3C2)n(C(C)C)n1. The van der Waals surface area contributed by atoms with Crippen LogP contribution in [0, 0.1) is 31.5 Å². The van der Waals surface area contributed by atoms with Crippen LogP contribution < -0.4 is 5.32 Å². The van der Waals surface area contributed by atoms with E-state index in [0.717, 1.165) is 41.4 Å². The van der Waals surface area contributed by atoms with E-state index < -0.39 is 11.4 Å². The van der Waals surface area contributed by atoms with Crippen molar-refractivity contribution in [3.63, 3.8) is 0 Å². The van der Waals surface area contributed by atoms with Crippen molar-refractivity contribution in [2.45, 2.75) is 70.9 Å². The number of nitrogens with zero attached hydrogens (tertiary/aromatic N) is 5. The van der Waals surface area contributed by atoms with E-state index in [4.69, 9.17) is 16.7 Å². The van der Waals surface area contributed by atoms with Crippen LogP contribution in [-0.2, 0) is 12.6 Å². The van der Waals surface area contributed by atoms with Gasteiger partial charge in [-0.3, -0.25) is 9.48 Å². The molecule has 2 saturated carbocycles. The number of aliphatic hydroxyl groups is 1. The average molecular weight is 579 g/mol. The summed E-state index contributed by atoms with van der Waals surface area (Å²) >= 11 is 5.91. The van der Waals surface area contributed by atoms with Crippen LogP contribution in [0.3, 0.4) is 0 Å². The van der Waals surface area contributed by atoms with E-state index in [1.165, 1.54) is 18.2 Å². The Hall–Kier alpha value is -3.43. The van der Waals surface area contributed by atoms with Gasteiger partial charge < -0.3 is 19.6 Å². The maximum Gasteiger partial charge on any atom is 0.274 e. The highest BCUT2D eigenvalue weighted by Crippen LogP contribution is 2.57. The van der Waals surface area contributed by atoms with Crippen LogP contribution >= 0.6 is 11.6 Å². The average Bonchev–Trinajstić information content (AvgIpc) is 3.70. The van der Waals surface area contributed by atoms with Gasteiger partial charge in [-0.15, -0.1) is 0 Å². The molecule has 1 aromatic carbocycles. The van der Waals surface area contributed by atoms with Crippen molar-refractivity contribution >= 4 is 23.2 Å². The molecule has 10 heteroatoms. The number of benzene rings is 1. The number of nitrogens with one attached hydrogen (secondary N) is 1. The van der Waals surface area contributed by atoms with Crippen molar-refractivity contribution in [3.05, 3.63) is 82.0 Å². The molecule has 2 aliphatic rings. The maximum atomic E-state index is 13.6. The van der Waals surface area contributed by atoms with Crippen molar-refractivity contribution in [1.82, 2.24) is 23.9 Å². The molecule has 2 aliphatic carbocycles. The van der Waals surface area contributed by atoms with Crippen molar-refractivity contribution < 1.29 is 14.3 Å². The molecule has 0 spiro atoms. The molecule has 2 atom stereocenters. The van der Waals surface area contributed by atoms with E-state index in [0.29, 0.717) is 36.1 Å². The fourth-order valence-corrected chi connectivity index (χ4v) is 7.33. The predicted octanol–water partition coefficient (Wildman–Crippen LogP) is 6.44. The summed E-state index contributed by atoms with van der Waals surface area (Å²) < 4.78 is 19.4. The minimum absolute atomic E-state index is 0.0475. The Morgan fingerprint density at radius 3 is 2.39 bits per heavy atom. The lowest BCUT2D eigenvalue weighted by atomic mass is 9.90. The van der Waals surface area contributed by atoms with Crippen LogP contribution in [0.25, 0.3) is 5.82 Å². The molecule has 216 valence electrons. The van der Waals surface area contributed by atoms with Gasteiger partial charge in [0, 0.05) is 42.1 Å². The molecule has 0 radical (unpaired) electrons. The molecule has 3 heterocycles. The number of fused-ring (bicyclic) bond motifs is 1. The van der Waals surface area contributed by atoms with Crippen molar-refractivity contribution in [1.29, 1.82) is 0 Å². The highest BCUT2D eigenvalue weighted by molar-refractivity contribution is 6.31. The van der Waals surface area contributed by atoms with Gasteiger partial charge in [-0.1, -0.05) is 11.6 Å². The molecule has 2 N–H and O–H groups in total. The van der Waals surface area contributed by atoms with E-state index >= 15 is 0 Å². The predicted molar refractivity (Wildman–Crippen MR) is 156 cm³/mol. The highest BCUT2D eigenvalue weighted by Gasteiger charge is 2.52. The molecule has 0 saturated heterocycles. The third-order valence-corrected chi connectivity index (χ3v) is 9.26. The summed E-state index contributed by atoms with van der Waals surface area (Å²) in [6, 6.07) is 10.5. The zero-order valence-corrected chi connectivity index (χ0v) is 24.8. The van der Waals surface area contributed by atoms with Gasteiger partial charge >= 0.3 is 0 Å². The number of halogens is 2. The third-order valence-electron chi connectivity index (χ3n) is 8.97. The standard InChI is InChI=1S/C31H36ClFN6O2/c1-17(2)39-26(13-27(36-39)38-18(3)6-7-19(38)4)31(41)14-21-10-20(11-22(21)15-31)28-29(37(5)16-34-28)30(40)35-23-8-9-25(33)24(32)12-23/h6-9,12-13,16-17,20-22,41H,10-11,14-15H2,1-5H3,(H,35,40). The maximum absolute atomic E-state index is 13.6. The highest BCUT2D eigenvalue weighted by atomic mass is 35.5. The van der Waals surface area contributed by atoms with Gasteiger partial charge in [-0.2, -0.15) is 5.10 Å². The minimum Gasteiger partial charge on any atom is -0.384 e. The number of hydrogen-bond acceptors (Lipinski definition) is 4. The van der Waals surface area contributed by atoms with Gasteiger partial charge in [-0.05, 0) is 95.5 Å². The number of anilines is 1. The molecule has 1 amide bonds. The second kappa shape index (κ2) is 10.1. The zero-order valence-electron chi connectivity index (χ0n) is 24.0. The first-order valence-electron chi connectivity index (χ1n) is 14.2. The summed E-state index contributed by atoms with van der Waals surface area (Å²) in [6.07, 6.45) is 4.67. The number of rotatable bonds is 6. The lowest BCUT2D eigenvalue weighted by Gasteiger charge is -2.27. The minimum atomic E-state index is -0.961. The second-order valence-corrected chi connectivity index (χ2v) is 12.6. The number of carbonyl (C=O) groups is 1. The lowest BCUT2D eigenvalue weighted by Crippen LogP contribution is -2.28. The van der Waals surface area contributed by atoms with Gasteiger partial charge in [-0.25, -0.2) is 9.37 Å². The number of amides is 1. The van der Waals surface area contributed by atoms with Crippen LogP contribution in [0.15, 0.2) is 42.7 Å². The summed E-state index contributed by atoms with van der Waals surface area (Å²) in [6.45, 7) is 8.32. The number of aromatic nitrogens is 5. The summed E-state index contributed by atoms with van der Waals surface area (Å²) in [7, 11) is 1.80. The van der Waals surface area contributed by atoms with E-state index in [9.17, 15) is 14.3 Å².